The molecule has 1 unspecified atom stereocenters. The second-order valence-electron chi connectivity index (χ2n) is 2.31. The van der Waals surface area contributed by atoms with Gasteiger partial charge in [0.1, 0.15) is 11.7 Å². The van der Waals surface area contributed by atoms with Crippen molar-refractivity contribution in [2.45, 2.75) is 20.3 Å². The number of carboxylic acid groups (broad SMARTS) is 1. The Bertz CT molecular complexity index is 168. The third-order valence-electron chi connectivity index (χ3n) is 1.40. The van der Waals surface area contributed by atoms with Gasteiger partial charge < -0.3 is 5.11 Å². The fourth-order valence-electron chi connectivity index (χ4n) is 0.713. The minimum absolute atomic E-state index is 0.293. The molecule has 0 saturated carbocycles. The number of carboxylic acids is 1. The fourth-order valence-corrected chi connectivity index (χ4v) is 0.713. The van der Waals surface area contributed by atoms with Crippen molar-refractivity contribution in [2.75, 3.05) is 0 Å². The molecule has 0 aromatic rings. The van der Waals surface area contributed by atoms with Gasteiger partial charge in [-0.15, -0.1) is 0 Å². The zero-order valence-electron chi connectivity index (χ0n) is 6.70. The molecule has 62 valence electrons. The lowest BCUT2D eigenvalue weighted by atomic mass is 10.0. The lowest BCUT2D eigenvalue weighted by Gasteiger charge is -2.03. The second-order valence-corrected chi connectivity index (χ2v) is 2.31. The van der Waals surface area contributed by atoms with E-state index in [0.29, 0.717) is 6.42 Å². The van der Waals surface area contributed by atoms with E-state index in [1.165, 1.54) is 6.92 Å². The van der Waals surface area contributed by atoms with E-state index in [-0.39, 0.29) is 5.78 Å². The van der Waals surface area contributed by atoms with E-state index in [2.05, 4.69) is 0 Å². The van der Waals surface area contributed by atoms with Crippen LogP contribution in [0.25, 0.3) is 0 Å². The van der Waals surface area contributed by atoms with Crippen LogP contribution in [0.1, 0.15) is 20.3 Å². The highest BCUT2D eigenvalue weighted by Crippen LogP contribution is 2.05. The van der Waals surface area contributed by atoms with Crippen molar-refractivity contribution < 1.29 is 14.7 Å². The Hall–Kier alpha value is -1.12. The maximum atomic E-state index is 10.7. The van der Waals surface area contributed by atoms with Crippen LogP contribution in [-0.2, 0) is 9.59 Å². The number of carbonyl (C=O) groups is 2. The van der Waals surface area contributed by atoms with Crippen LogP contribution in [0.3, 0.4) is 0 Å². The maximum absolute atomic E-state index is 10.7. The minimum Gasteiger partial charge on any atom is -0.481 e. The summed E-state index contributed by atoms with van der Waals surface area (Å²) in [6, 6.07) is 0. The third kappa shape index (κ3) is 3.55. The normalized spacial score (nSPS) is 13.3. The maximum Gasteiger partial charge on any atom is 0.314 e. The Morgan fingerprint density at radius 1 is 1.55 bits per heavy atom. The number of aliphatic carboxylic acids is 1. The zero-order chi connectivity index (χ0) is 8.85. The minimum atomic E-state index is -1.05. The zero-order valence-corrected chi connectivity index (χ0v) is 6.70. The summed E-state index contributed by atoms with van der Waals surface area (Å²) in [5.74, 6) is -2.21. The van der Waals surface area contributed by atoms with E-state index in [0.717, 1.165) is 0 Å². The first-order valence-corrected chi connectivity index (χ1v) is 3.44. The number of allylic oxidation sites excluding steroid dienone is 2. The number of carbonyl (C=O) groups excluding carboxylic acids is 1. The number of hydrogen-bond donors (Lipinski definition) is 1. The Labute approximate surface area is 65.7 Å². The molecule has 0 radical (unpaired) electrons. The van der Waals surface area contributed by atoms with Gasteiger partial charge in [0, 0.05) is 0 Å². The highest BCUT2D eigenvalue weighted by molar-refractivity contribution is 5.96. The van der Waals surface area contributed by atoms with Crippen LogP contribution < -0.4 is 0 Å². The molecular weight excluding hydrogens is 144 g/mol. The van der Waals surface area contributed by atoms with Crippen LogP contribution in [-0.4, -0.2) is 16.9 Å². The van der Waals surface area contributed by atoms with Crippen molar-refractivity contribution in [3.05, 3.63) is 12.2 Å². The molecule has 0 bridgehead atoms. The van der Waals surface area contributed by atoms with Crippen molar-refractivity contribution in [3.63, 3.8) is 0 Å². The van der Waals surface area contributed by atoms with E-state index < -0.39 is 11.9 Å². The largest absolute Gasteiger partial charge is 0.481 e. The summed E-state index contributed by atoms with van der Waals surface area (Å²) in [5.41, 5.74) is 0. The van der Waals surface area contributed by atoms with Gasteiger partial charge in [-0.25, -0.2) is 0 Å². The molecule has 1 N–H and O–H groups in total. The predicted octanol–water partition coefficient (Wildman–Crippen LogP) is 1.24. The molecule has 0 saturated heterocycles. The molecule has 0 aliphatic heterocycles. The summed E-state index contributed by atoms with van der Waals surface area (Å²) in [6.45, 7) is 3.08. The molecule has 3 heteroatoms. The van der Waals surface area contributed by atoms with Gasteiger partial charge in [0.05, 0.1) is 0 Å². The number of Topliss-reactive ketones (excluding diaryl/α,β-unsaturated/α-hetero) is 1. The first-order chi connectivity index (χ1) is 5.09. The molecule has 0 aromatic carbocycles. The average molecular weight is 156 g/mol. The van der Waals surface area contributed by atoms with E-state index >= 15 is 0 Å². The molecule has 0 heterocycles. The second kappa shape index (κ2) is 4.66. The number of hydrogen-bond acceptors (Lipinski definition) is 2. The average Bonchev–Trinajstić information content (AvgIpc) is 1.87. The molecule has 11 heavy (non-hydrogen) atoms. The standard InChI is InChI=1S/C8H12O3/c1-3-4-5-7(6(2)9)8(10)11/h3-4,7H,5H2,1-2H3,(H,10,11)/b4-3+. The summed E-state index contributed by atoms with van der Waals surface area (Å²) in [4.78, 5) is 21.1. The third-order valence-corrected chi connectivity index (χ3v) is 1.40. The van der Waals surface area contributed by atoms with Gasteiger partial charge >= 0.3 is 5.97 Å². The molecule has 0 aromatic heterocycles. The van der Waals surface area contributed by atoms with Crippen LogP contribution in [0.2, 0.25) is 0 Å². The number of rotatable bonds is 4. The molecule has 0 aliphatic rings. The number of ketones is 1. The summed E-state index contributed by atoms with van der Waals surface area (Å²) in [6.07, 6.45) is 3.71. The van der Waals surface area contributed by atoms with Crippen molar-refractivity contribution in [3.8, 4) is 0 Å². The molecule has 0 aliphatic carbocycles. The summed E-state index contributed by atoms with van der Waals surface area (Å²) < 4.78 is 0. The van der Waals surface area contributed by atoms with Gasteiger partial charge in [0.25, 0.3) is 0 Å². The van der Waals surface area contributed by atoms with Crippen molar-refractivity contribution in [1.29, 1.82) is 0 Å². The molecular formula is C8H12O3. The van der Waals surface area contributed by atoms with E-state index in [1.807, 2.05) is 0 Å². The monoisotopic (exact) mass is 156 g/mol. The van der Waals surface area contributed by atoms with Gasteiger partial charge in [0.15, 0.2) is 0 Å². The fraction of sp³-hybridized carbons (Fsp3) is 0.500. The van der Waals surface area contributed by atoms with Crippen LogP contribution in [0, 0.1) is 5.92 Å². The first kappa shape index (κ1) is 9.88. The lowest BCUT2D eigenvalue weighted by molar-refractivity contribution is -0.145. The molecule has 0 rings (SSSR count). The molecule has 3 nitrogen and oxygen atoms in total. The van der Waals surface area contributed by atoms with E-state index in [4.69, 9.17) is 5.11 Å². The quantitative estimate of drug-likeness (QED) is 0.492. The summed E-state index contributed by atoms with van der Waals surface area (Å²) in [7, 11) is 0. The van der Waals surface area contributed by atoms with Gasteiger partial charge in [-0.3, -0.25) is 9.59 Å². The van der Waals surface area contributed by atoms with Crippen molar-refractivity contribution >= 4 is 11.8 Å². The van der Waals surface area contributed by atoms with Crippen molar-refractivity contribution in [1.82, 2.24) is 0 Å². The lowest BCUT2D eigenvalue weighted by Crippen LogP contribution is -2.20. The molecule has 1 atom stereocenters. The Morgan fingerprint density at radius 3 is 2.36 bits per heavy atom. The topological polar surface area (TPSA) is 54.4 Å². The SMILES string of the molecule is C/C=C/CC(C(C)=O)C(=O)O. The van der Waals surface area contributed by atoms with E-state index in [1.54, 1.807) is 19.1 Å². The summed E-state index contributed by atoms with van der Waals surface area (Å²) in [5, 5.41) is 8.52. The van der Waals surface area contributed by atoms with Crippen LogP contribution in [0.4, 0.5) is 0 Å². The van der Waals surface area contributed by atoms with Gasteiger partial charge in [0.2, 0.25) is 0 Å². The van der Waals surface area contributed by atoms with Gasteiger partial charge in [-0.2, -0.15) is 0 Å². The molecule has 0 amide bonds. The summed E-state index contributed by atoms with van der Waals surface area (Å²) >= 11 is 0. The molecule has 0 fully saturated rings. The predicted molar refractivity (Wildman–Crippen MR) is 41.2 cm³/mol. The Balaban J connectivity index is 4.12. The van der Waals surface area contributed by atoms with Gasteiger partial charge in [-0.05, 0) is 20.3 Å². The van der Waals surface area contributed by atoms with Crippen LogP contribution >= 0.6 is 0 Å². The highest BCUT2D eigenvalue weighted by Gasteiger charge is 2.20. The van der Waals surface area contributed by atoms with Gasteiger partial charge in [-0.1, -0.05) is 12.2 Å². The van der Waals surface area contributed by atoms with Crippen molar-refractivity contribution in [2.24, 2.45) is 5.92 Å². The van der Waals surface area contributed by atoms with Crippen LogP contribution in [0.15, 0.2) is 12.2 Å². The molecule has 0 spiro atoms. The smallest absolute Gasteiger partial charge is 0.314 e. The Morgan fingerprint density at radius 2 is 2.09 bits per heavy atom. The highest BCUT2D eigenvalue weighted by atomic mass is 16.4. The Kier molecular flexibility index (Phi) is 4.18. The van der Waals surface area contributed by atoms with E-state index in [9.17, 15) is 9.59 Å². The van der Waals surface area contributed by atoms with Crippen LogP contribution in [0.5, 0.6) is 0 Å². The first-order valence-electron chi connectivity index (χ1n) is 3.44.